The average Bonchev–Trinajstić information content (AvgIpc) is 3.56. The van der Waals surface area contributed by atoms with E-state index in [2.05, 4.69) is 16.0 Å². The lowest BCUT2D eigenvalue weighted by Crippen LogP contribution is -2.59. The van der Waals surface area contributed by atoms with Crippen molar-refractivity contribution in [1.29, 1.82) is 0 Å². The third kappa shape index (κ3) is 9.75. The first-order valence-corrected chi connectivity index (χ1v) is 15.9. The highest BCUT2D eigenvalue weighted by Crippen LogP contribution is 2.22. The molecule has 1 fully saturated rings. The summed E-state index contributed by atoms with van der Waals surface area (Å²) in [7, 11) is 0. The molecule has 4 atom stereocenters. The van der Waals surface area contributed by atoms with Crippen LogP contribution < -0.4 is 27.2 Å². The number of amides is 5. The van der Waals surface area contributed by atoms with E-state index in [4.69, 9.17) is 10.6 Å². The molecule has 4 rings (SSSR count). The second-order valence-corrected chi connectivity index (χ2v) is 12.9. The van der Waals surface area contributed by atoms with Crippen molar-refractivity contribution in [2.45, 2.75) is 82.8 Å². The molecule has 0 spiro atoms. The molecule has 1 aliphatic rings. The number of ether oxygens (including phenoxy) is 1. The van der Waals surface area contributed by atoms with Crippen molar-refractivity contribution in [3.8, 4) is 0 Å². The molecule has 3 aromatic carbocycles. The van der Waals surface area contributed by atoms with E-state index in [1.807, 2.05) is 68.7 Å². The SMILES string of the molecule is CC(C)(C)NC(=O)[C@@H]1CCCN1C(=O)[C@@H](O)[C@H](Cc1ccccc1)NC(=O)[C@H](CC(=O)NN)NC(=O)OCc1cccc2ccccc12. The molecule has 1 saturated heterocycles. The summed E-state index contributed by atoms with van der Waals surface area (Å²) in [5.74, 6) is 2.63. The van der Waals surface area contributed by atoms with Gasteiger partial charge >= 0.3 is 6.09 Å². The Hall–Kier alpha value is -5.01. The van der Waals surface area contributed by atoms with E-state index in [0.29, 0.717) is 18.4 Å². The average molecular weight is 661 g/mol. The van der Waals surface area contributed by atoms with Crippen LogP contribution in [-0.4, -0.2) is 76.0 Å². The number of hydrogen-bond donors (Lipinski definition) is 6. The Morgan fingerprint density at radius 2 is 1.65 bits per heavy atom. The second-order valence-electron chi connectivity index (χ2n) is 12.9. The fourth-order valence-corrected chi connectivity index (χ4v) is 5.69. The first kappa shape index (κ1) is 35.8. The molecule has 0 bridgehead atoms. The smallest absolute Gasteiger partial charge is 0.408 e. The molecule has 1 heterocycles. The van der Waals surface area contributed by atoms with Gasteiger partial charge in [0.1, 0.15) is 18.7 Å². The number of aliphatic hydroxyl groups is 1. The summed E-state index contributed by atoms with van der Waals surface area (Å²) < 4.78 is 5.41. The summed E-state index contributed by atoms with van der Waals surface area (Å²) in [5.41, 5.74) is 2.87. The topological polar surface area (TPSA) is 192 Å². The molecule has 13 heteroatoms. The highest BCUT2D eigenvalue weighted by atomic mass is 16.5. The fraction of sp³-hybridized carbons (Fsp3) is 0.400. The molecular weight excluding hydrogens is 616 g/mol. The summed E-state index contributed by atoms with van der Waals surface area (Å²) >= 11 is 0. The highest BCUT2D eigenvalue weighted by molar-refractivity contribution is 5.93. The number of alkyl carbamates (subject to hydrolysis) is 1. The van der Waals surface area contributed by atoms with Gasteiger partial charge in [-0.15, -0.1) is 0 Å². The molecule has 3 aromatic rings. The monoisotopic (exact) mass is 660 g/mol. The van der Waals surface area contributed by atoms with Gasteiger partial charge in [0.25, 0.3) is 5.91 Å². The van der Waals surface area contributed by atoms with Crippen molar-refractivity contribution in [2.24, 2.45) is 5.84 Å². The standard InChI is InChI=1S/C35H44N6O7/c1-35(2,3)39-32(45)28-17-10-18-41(28)33(46)30(43)26(19-22-11-5-4-6-12-22)37-31(44)27(20-29(42)40-36)38-34(47)48-21-24-15-9-14-23-13-7-8-16-25(23)24/h4-9,11-16,26-28,30,43H,10,17-21,36H2,1-3H3,(H,37,44)(H,38,47)(H,39,45)(H,40,42)/t26-,27-,28-,30-/m0/s1. The van der Waals surface area contributed by atoms with Crippen LogP contribution in [0.1, 0.15) is 51.2 Å². The van der Waals surface area contributed by atoms with Crippen molar-refractivity contribution in [1.82, 2.24) is 26.3 Å². The van der Waals surface area contributed by atoms with Crippen LogP contribution in [0.5, 0.6) is 0 Å². The van der Waals surface area contributed by atoms with Crippen molar-refractivity contribution < 1.29 is 33.8 Å². The number of likely N-dealkylation sites (tertiary alicyclic amines) is 1. The maximum absolute atomic E-state index is 13.7. The van der Waals surface area contributed by atoms with E-state index in [-0.39, 0.29) is 25.5 Å². The second kappa shape index (κ2) is 16.2. The maximum atomic E-state index is 13.7. The van der Waals surface area contributed by atoms with Crippen LogP contribution >= 0.6 is 0 Å². The molecule has 13 nitrogen and oxygen atoms in total. The van der Waals surface area contributed by atoms with Crippen LogP contribution in [0, 0.1) is 0 Å². The third-order valence-electron chi connectivity index (χ3n) is 7.99. The lowest BCUT2D eigenvalue weighted by atomic mass is 9.99. The summed E-state index contributed by atoms with van der Waals surface area (Å²) in [5, 5.41) is 21.2. The third-order valence-corrected chi connectivity index (χ3v) is 7.99. The van der Waals surface area contributed by atoms with Gasteiger partial charge < -0.3 is 30.7 Å². The molecule has 48 heavy (non-hydrogen) atoms. The fourth-order valence-electron chi connectivity index (χ4n) is 5.69. The predicted molar refractivity (Wildman–Crippen MR) is 179 cm³/mol. The van der Waals surface area contributed by atoms with E-state index < -0.39 is 60.0 Å². The first-order chi connectivity index (χ1) is 22.9. The van der Waals surface area contributed by atoms with Crippen molar-refractivity contribution in [3.05, 3.63) is 83.9 Å². The number of nitrogens with one attached hydrogen (secondary N) is 4. The lowest BCUT2D eigenvalue weighted by molar-refractivity contribution is -0.147. The Kier molecular flexibility index (Phi) is 12.1. The van der Waals surface area contributed by atoms with Crippen molar-refractivity contribution >= 4 is 40.5 Å². The van der Waals surface area contributed by atoms with Gasteiger partial charge in [-0.3, -0.25) is 24.6 Å². The molecule has 0 aliphatic carbocycles. The zero-order valence-corrected chi connectivity index (χ0v) is 27.4. The van der Waals surface area contributed by atoms with Gasteiger partial charge in [0.05, 0.1) is 12.5 Å². The number of nitrogens with two attached hydrogens (primary N) is 1. The quantitative estimate of drug-likeness (QED) is 0.0962. The Balaban J connectivity index is 1.50. The van der Waals surface area contributed by atoms with E-state index >= 15 is 0 Å². The maximum Gasteiger partial charge on any atom is 0.408 e. The Morgan fingerprint density at radius 3 is 2.35 bits per heavy atom. The van der Waals surface area contributed by atoms with Gasteiger partial charge in [0.15, 0.2) is 6.10 Å². The van der Waals surface area contributed by atoms with Crippen molar-refractivity contribution in [3.63, 3.8) is 0 Å². The van der Waals surface area contributed by atoms with E-state index in [1.54, 1.807) is 30.3 Å². The number of aliphatic hydroxyl groups excluding tert-OH is 1. The van der Waals surface area contributed by atoms with Crippen LogP contribution in [0.3, 0.4) is 0 Å². The molecule has 256 valence electrons. The molecule has 0 unspecified atom stereocenters. The molecule has 1 aliphatic heterocycles. The van der Waals surface area contributed by atoms with Gasteiger partial charge in [-0.1, -0.05) is 72.8 Å². The Labute approximate surface area is 279 Å². The number of hydrazine groups is 1. The number of hydrogen-bond acceptors (Lipinski definition) is 8. The molecular formula is C35H44N6O7. The number of benzene rings is 3. The molecule has 7 N–H and O–H groups in total. The highest BCUT2D eigenvalue weighted by Gasteiger charge is 2.41. The van der Waals surface area contributed by atoms with Gasteiger partial charge in [-0.05, 0) is 61.9 Å². The number of fused-ring (bicyclic) bond motifs is 1. The van der Waals surface area contributed by atoms with Gasteiger partial charge in [-0.25, -0.2) is 10.6 Å². The molecule has 0 saturated carbocycles. The summed E-state index contributed by atoms with van der Waals surface area (Å²) in [6.07, 6.45) is -2.23. The zero-order chi connectivity index (χ0) is 34.8. The van der Waals surface area contributed by atoms with Gasteiger partial charge in [0, 0.05) is 12.1 Å². The van der Waals surface area contributed by atoms with Crippen LogP contribution in [0.4, 0.5) is 4.79 Å². The number of carbonyl (C=O) groups is 5. The van der Waals surface area contributed by atoms with Crippen LogP contribution in [0.15, 0.2) is 72.8 Å². The summed E-state index contributed by atoms with van der Waals surface area (Å²) in [6, 6.07) is 18.6. The molecule has 0 aromatic heterocycles. The number of nitrogens with zero attached hydrogens (tertiary/aromatic N) is 1. The number of carbonyl (C=O) groups excluding carboxylic acids is 5. The normalized spacial score (nSPS) is 16.4. The largest absolute Gasteiger partial charge is 0.445 e. The van der Waals surface area contributed by atoms with E-state index in [0.717, 1.165) is 16.3 Å². The Morgan fingerprint density at radius 1 is 0.958 bits per heavy atom. The predicted octanol–water partition coefficient (Wildman–Crippen LogP) is 1.81. The molecule has 5 amide bonds. The van der Waals surface area contributed by atoms with Crippen molar-refractivity contribution in [2.75, 3.05) is 6.54 Å². The minimum atomic E-state index is -1.75. The zero-order valence-electron chi connectivity index (χ0n) is 27.4. The first-order valence-electron chi connectivity index (χ1n) is 15.9. The van der Waals surface area contributed by atoms with Gasteiger partial charge in [-0.2, -0.15) is 0 Å². The number of rotatable bonds is 12. The van der Waals surface area contributed by atoms with E-state index in [9.17, 15) is 29.1 Å². The minimum Gasteiger partial charge on any atom is -0.445 e. The lowest BCUT2D eigenvalue weighted by Gasteiger charge is -2.32. The minimum absolute atomic E-state index is 0.0352. The van der Waals surface area contributed by atoms with Gasteiger partial charge in [0.2, 0.25) is 17.7 Å². The van der Waals surface area contributed by atoms with Crippen LogP contribution in [0.2, 0.25) is 0 Å². The van der Waals surface area contributed by atoms with Crippen LogP contribution in [0.25, 0.3) is 10.8 Å². The summed E-state index contributed by atoms with van der Waals surface area (Å²) in [6.45, 7) is 5.66. The Bertz CT molecular complexity index is 1600. The van der Waals surface area contributed by atoms with E-state index in [1.165, 1.54) is 4.90 Å². The summed E-state index contributed by atoms with van der Waals surface area (Å²) in [4.78, 5) is 66.9. The molecule has 0 radical (unpaired) electrons. The van der Waals surface area contributed by atoms with Crippen LogP contribution in [-0.2, 0) is 36.9 Å².